The molecule has 1 heterocycles. The number of nitrogen functional groups attached to an aromatic ring is 1. The van der Waals surface area contributed by atoms with E-state index in [0.717, 1.165) is 0 Å². The van der Waals surface area contributed by atoms with Crippen LogP contribution in [0.15, 0.2) is 35.4 Å². The summed E-state index contributed by atoms with van der Waals surface area (Å²) in [6, 6.07) is 6.27. The van der Waals surface area contributed by atoms with E-state index in [4.69, 9.17) is 17.3 Å². The predicted molar refractivity (Wildman–Crippen MR) is 70.0 cm³/mol. The summed E-state index contributed by atoms with van der Waals surface area (Å²) in [7, 11) is -1.87. The van der Waals surface area contributed by atoms with Gasteiger partial charge in [0.2, 0.25) is 0 Å². The van der Waals surface area contributed by atoms with Crippen molar-refractivity contribution in [2.24, 2.45) is 7.05 Å². The number of hydrogen-bond acceptors (Lipinski definition) is 4. The second kappa shape index (κ2) is 4.62. The molecule has 0 saturated carbocycles. The highest BCUT2D eigenvalue weighted by Gasteiger charge is 2.22. The van der Waals surface area contributed by atoms with Crippen molar-refractivity contribution < 1.29 is 8.42 Å². The zero-order chi connectivity index (χ0) is 13.3. The maximum atomic E-state index is 12.2. The first kappa shape index (κ1) is 12.9. The van der Waals surface area contributed by atoms with E-state index in [1.807, 2.05) is 0 Å². The average molecular weight is 286 g/mol. The van der Waals surface area contributed by atoms with Crippen LogP contribution in [0.4, 0.5) is 5.69 Å². The van der Waals surface area contributed by atoms with E-state index in [1.54, 1.807) is 30.1 Å². The smallest absolute Gasteiger partial charge is 0.187 e. The van der Waals surface area contributed by atoms with Gasteiger partial charge in [-0.15, -0.1) is 0 Å². The van der Waals surface area contributed by atoms with Gasteiger partial charge in [0.15, 0.2) is 9.84 Å². The minimum Gasteiger partial charge on any atom is -0.398 e. The van der Waals surface area contributed by atoms with Crippen molar-refractivity contribution in [2.75, 3.05) is 5.73 Å². The van der Waals surface area contributed by atoms with Gasteiger partial charge in [0.1, 0.15) is 4.90 Å². The minimum absolute atomic E-state index is 0.0303. The van der Waals surface area contributed by atoms with Crippen LogP contribution in [0, 0.1) is 0 Å². The lowest BCUT2D eigenvalue weighted by Crippen LogP contribution is -2.09. The maximum absolute atomic E-state index is 12.2. The van der Waals surface area contributed by atoms with Crippen LogP contribution < -0.4 is 5.73 Å². The third kappa shape index (κ3) is 2.49. The van der Waals surface area contributed by atoms with E-state index >= 15 is 0 Å². The first-order valence-electron chi connectivity index (χ1n) is 5.15. The lowest BCUT2D eigenvalue weighted by atomic mass is 10.3. The van der Waals surface area contributed by atoms with Gasteiger partial charge in [-0.1, -0.05) is 17.7 Å². The summed E-state index contributed by atoms with van der Waals surface area (Å²) in [4.78, 5) is -0.0303. The molecule has 96 valence electrons. The molecule has 2 N–H and O–H groups in total. The van der Waals surface area contributed by atoms with E-state index in [0.29, 0.717) is 5.69 Å². The van der Waals surface area contributed by atoms with E-state index in [1.165, 1.54) is 12.1 Å². The van der Waals surface area contributed by atoms with Crippen LogP contribution in [0.2, 0.25) is 5.02 Å². The quantitative estimate of drug-likeness (QED) is 0.870. The molecule has 0 saturated heterocycles. The van der Waals surface area contributed by atoms with Crippen LogP contribution in [0.5, 0.6) is 0 Å². The Morgan fingerprint density at radius 2 is 2.11 bits per heavy atom. The zero-order valence-corrected chi connectivity index (χ0v) is 11.2. The van der Waals surface area contributed by atoms with Crippen LogP contribution in [0.25, 0.3) is 0 Å². The molecule has 7 heteroatoms. The second-order valence-electron chi connectivity index (χ2n) is 3.90. The second-order valence-corrected chi connectivity index (χ2v) is 6.23. The van der Waals surface area contributed by atoms with Crippen LogP contribution in [0.1, 0.15) is 5.69 Å². The Balaban J connectivity index is 2.43. The van der Waals surface area contributed by atoms with E-state index in [-0.39, 0.29) is 21.4 Å². The summed E-state index contributed by atoms with van der Waals surface area (Å²) in [6.07, 6.45) is 1.68. The molecule has 0 bridgehead atoms. The number of benzene rings is 1. The molecular weight excluding hydrogens is 274 g/mol. The maximum Gasteiger partial charge on any atom is 0.187 e. The molecule has 0 unspecified atom stereocenters. The SMILES string of the molecule is Cn1ccc(CS(=O)(=O)c2c(N)cccc2Cl)n1. The molecule has 0 amide bonds. The minimum atomic E-state index is -3.59. The lowest BCUT2D eigenvalue weighted by Gasteiger charge is -2.08. The Morgan fingerprint density at radius 3 is 2.67 bits per heavy atom. The van der Waals surface area contributed by atoms with Gasteiger partial charge in [-0.05, 0) is 18.2 Å². The van der Waals surface area contributed by atoms with Gasteiger partial charge in [0, 0.05) is 13.2 Å². The van der Waals surface area contributed by atoms with Crippen molar-refractivity contribution in [2.45, 2.75) is 10.6 Å². The monoisotopic (exact) mass is 285 g/mol. The van der Waals surface area contributed by atoms with Crippen molar-refractivity contribution in [3.63, 3.8) is 0 Å². The van der Waals surface area contributed by atoms with Gasteiger partial charge < -0.3 is 5.73 Å². The topological polar surface area (TPSA) is 78.0 Å². The van der Waals surface area contributed by atoms with Gasteiger partial charge in [-0.3, -0.25) is 4.68 Å². The van der Waals surface area contributed by atoms with Crippen molar-refractivity contribution in [1.29, 1.82) is 0 Å². The van der Waals surface area contributed by atoms with Gasteiger partial charge in [-0.2, -0.15) is 5.10 Å². The Hall–Kier alpha value is -1.53. The van der Waals surface area contributed by atoms with E-state index in [9.17, 15) is 8.42 Å². The zero-order valence-electron chi connectivity index (χ0n) is 9.67. The molecule has 0 aliphatic carbocycles. The fourth-order valence-electron chi connectivity index (χ4n) is 1.66. The summed E-state index contributed by atoms with van der Waals surface area (Å²) < 4.78 is 26.0. The van der Waals surface area contributed by atoms with Crippen LogP contribution in [-0.4, -0.2) is 18.2 Å². The third-order valence-corrected chi connectivity index (χ3v) is 4.60. The highest BCUT2D eigenvalue weighted by molar-refractivity contribution is 7.91. The largest absolute Gasteiger partial charge is 0.398 e. The number of aromatic nitrogens is 2. The third-order valence-electron chi connectivity index (χ3n) is 2.42. The molecule has 1 aromatic heterocycles. The van der Waals surface area contributed by atoms with E-state index in [2.05, 4.69) is 5.10 Å². The molecular formula is C11H12ClN3O2S. The van der Waals surface area contributed by atoms with Crippen molar-refractivity contribution >= 4 is 27.1 Å². The van der Waals surface area contributed by atoms with Crippen LogP contribution >= 0.6 is 11.6 Å². The molecule has 0 aliphatic heterocycles. The molecule has 2 rings (SSSR count). The Kier molecular flexibility index (Phi) is 3.32. The molecule has 0 atom stereocenters. The van der Waals surface area contributed by atoms with Crippen molar-refractivity contribution in [1.82, 2.24) is 9.78 Å². The average Bonchev–Trinajstić information content (AvgIpc) is 2.62. The van der Waals surface area contributed by atoms with Crippen LogP contribution in [0.3, 0.4) is 0 Å². The molecule has 18 heavy (non-hydrogen) atoms. The van der Waals surface area contributed by atoms with Crippen molar-refractivity contribution in [3.05, 3.63) is 41.2 Å². The highest BCUT2D eigenvalue weighted by Crippen LogP contribution is 2.29. The number of rotatable bonds is 3. The number of hydrogen-bond donors (Lipinski definition) is 1. The Labute approximate surface area is 110 Å². The Morgan fingerprint density at radius 1 is 1.39 bits per heavy atom. The van der Waals surface area contributed by atoms with Gasteiger partial charge in [-0.25, -0.2) is 8.42 Å². The highest BCUT2D eigenvalue weighted by atomic mass is 35.5. The first-order valence-corrected chi connectivity index (χ1v) is 7.18. The van der Waals surface area contributed by atoms with Gasteiger partial charge in [0.05, 0.1) is 22.2 Å². The first-order chi connectivity index (χ1) is 8.40. The number of nitrogens with two attached hydrogens (primary N) is 1. The number of sulfone groups is 1. The van der Waals surface area contributed by atoms with E-state index < -0.39 is 9.84 Å². The number of halogens is 1. The van der Waals surface area contributed by atoms with Crippen LogP contribution in [-0.2, 0) is 22.6 Å². The van der Waals surface area contributed by atoms with Crippen molar-refractivity contribution in [3.8, 4) is 0 Å². The summed E-state index contributed by atoms with van der Waals surface area (Å²) in [5.74, 6) is -0.220. The molecule has 0 spiro atoms. The number of anilines is 1. The standard InChI is InChI=1S/C11H12ClN3O2S/c1-15-6-5-8(14-15)7-18(16,17)11-9(12)3-2-4-10(11)13/h2-6H,7,13H2,1H3. The summed E-state index contributed by atoms with van der Waals surface area (Å²) in [5, 5.41) is 4.16. The summed E-state index contributed by atoms with van der Waals surface area (Å²) >= 11 is 5.90. The normalized spacial score (nSPS) is 11.7. The molecule has 0 radical (unpaired) electrons. The molecule has 0 aliphatic rings. The number of nitrogens with zero attached hydrogens (tertiary/aromatic N) is 2. The fraction of sp³-hybridized carbons (Fsp3) is 0.182. The fourth-order valence-corrected chi connectivity index (χ4v) is 3.68. The molecule has 5 nitrogen and oxygen atoms in total. The molecule has 1 aromatic carbocycles. The number of aryl methyl sites for hydroxylation is 1. The summed E-state index contributed by atoms with van der Waals surface area (Å²) in [5.41, 5.74) is 6.28. The molecule has 0 fully saturated rings. The summed E-state index contributed by atoms with van der Waals surface area (Å²) in [6.45, 7) is 0. The lowest BCUT2D eigenvalue weighted by molar-refractivity contribution is 0.594. The molecule has 2 aromatic rings. The van der Waals surface area contributed by atoms with Gasteiger partial charge >= 0.3 is 0 Å². The Bertz CT molecular complexity index is 659. The predicted octanol–water partition coefficient (Wildman–Crippen LogP) is 1.63. The van der Waals surface area contributed by atoms with Gasteiger partial charge in [0.25, 0.3) is 0 Å².